The molecule has 1 saturated heterocycles. The predicted molar refractivity (Wildman–Crippen MR) is 73.9 cm³/mol. The van der Waals surface area contributed by atoms with E-state index in [9.17, 15) is 0 Å². The number of hydrogen-bond donors (Lipinski definition) is 0. The molecule has 1 atom stereocenters. The van der Waals surface area contributed by atoms with Gasteiger partial charge in [0.1, 0.15) is 6.61 Å². The van der Waals surface area contributed by atoms with Crippen molar-refractivity contribution in [2.24, 2.45) is 0 Å². The molecule has 0 aromatic carbocycles. The van der Waals surface area contributed by atoms with Gasteiger partial charge in [-0.25, -0.2) is 0 Å². The van der Waals surface area contributed by atoms with Gasteiger partial charge in [-0.1, -0.05) is 12.8 Å². The van der Waals surface area contributed by atoms with Crippen molar-refractivity contribution in [3.05, 3.63) is 0 Å². The number of ether oxygens (including phenoxy) is 2. The van der Waals surface area contributed by atoms with Crippen molar-refractivity contribution in [1.82, 2.24) is 0 Å². The van der Waals surface area contributed by atoms with E-state index in [0.717, 1.165) is 51.6 Å². The van der Waals surface area contributed by atoms with Crippen LogP contribution in [0.5, 0.6) is 0 Å². The van der Waals surface area contributed by atoms with Crippen LogP contribution in [0.1, 0.15) is 58.3 Å². The maximum atomic E-state index is 5.52. The fourth-order valence-corrected chi connectivity index (χ4v) is 1.68. The van der Waals surface area contributed by atoms with Crippen LogP contribution in [-0.4, -0.2) is 19.5 Å². The third kappa shape index (κ3) is 8.18. The van der Waals surface area contributed by atoms with Crippen LogP contribution in [0, 0.1) is 23.7 Å². The first-order valence-electron chi connectivity index (χ1n) is 7.08. The van der Waals surface area contributed by atoms with Crippen LogP contribution in [0.4, 0.5) is 0 Å². The van der Waals surface area contributed by atoms with E-state index in [1.54, 1.807) is 0 Å². The molecule has 0 saturated carbocycles. The van der Waals surface area contributed by atoms with E-state index < -0.39 is 0 Å². The van der Waals surface area contributed by atoms with E-state index in [-0.39, 0.29) is 6.29 Å². The fourth-order valence-electron chi connectivity index (χ4n) is 1.68. The number of rotatable bonds is 5. The Labute approximate surface area is 111 Å². The van der Waals surface area contributed by atoms with Crippen molar-refractivity contribution in [2.75, 3.05) is 13.2 Å². The number of hydrogen-bond acceptors (Lipinski definition) is 2. The summed E-state index contributed by atoms with van der Waals surface area (Å²) in [4.78, 5) is 0. The minimum atomic E-state index is -0.0204. The van der Waals surface area contributed by atoms with Crippen LogP contribution < -0.4 is 0 Å². The highest BCUT2D eigenvalue weighted by atomic mass is 16.7. The Balaban J connectivity index is 1.93. The fraction of sp³-hybridized carbons (Fsp3) is 0.750. The maximum Gasteiger partial charge on any atom is 0.158 e. The first-order valence-corrected chi connectivity index (χ1v) is 7.08. The van der Waals surface area contributed by atoms with Crippen molar-refractivity contribution in [1.29, 1.82) is 0 Å². The largest absolute Gasteiger partial charge is 0.353 e. The van der Waals surface area contributed by atoms with Crippen LogP contribution in [0.25, 0.3) is 0 Å². The molecule has 2 heteroatoms. The van der Waals surface area contributed by atoms with Gasteiger partial charge in [-0.3, -0.25) is 0 Å². The van der Waals surface area contributed by atoms with Gasteiger partial charge in [0.05, 0.1) is 0 Å². The molecule has 1 aliphatic rings. The van der Waals surface area contributed by atoms with E-state index in [1.165, 1.54) is 6.42 Å². The zero-order valence-corrected chi connectivity index (χ0v) is 11.5. The first kappa shape index (κ1) is 15.1. The summed E-state index contributed by atoms with van der Waals surface area (Å²) < 4.78 is 11.0. The molecule has 100 valence electrons. The molecule has 1 unspecified atom stereocenters. The monoisotopic (exact) mass is 248 g/mol. The van der Waals surface area contributed by atoms with E-state index in [1.807, 2.05) is 0 Å². The molecule has 0 amide bonds. The molecule has 1 aliphatic heterocycles. The third-order valence-corrected chi connectivity index (χ3v) is 2.71. The summed E-state index contributed by atoms with van der Waals surface area (Å²) in [6, 6.07) is 0. The maximum absolute atomic E-state index is 5.52. The zero-order valence-electron chi connectivity index (χ0n) is 11.5. The molecule has 0 spiro atoms. The Morgan fingerprint density at radius 2 is 1.83 bits per heavy atom. The van der Waals surface area contributed by atoms with Crippen LogP contribution in [0.3, 0.4) is 0 Å². The lowest BCUT2D eigenvalue weighted by molar-refractivity contribution is -0.154. The lowest BCUT2D eigenvalue weighted by Crippen LogP contribution is -2.22. The Hall–Kier alpha value is -0.960. The average Bonchev–Trinajstić information content (AvgIpc) is 2.42. The molecule has 0 aromatic heterocycles. The summed E-state index contributed by atoms with van der Waals surface area (Å²) >= 11 is 0. The molecule has 1 fully saturated rings. The van der Waals surface area contributed by atoms with Crippen LogP contribution >= 0.6 is 0 Å². The van der Waals surface area contributed by atoms with Crippen LogP contribution in [0.15, 0.2) is 0 Å². The second-order valence-corrected chi connectivity index (χ2v) is 4.42. The molecule has 18 heavy (non-hydrogen) atoms. The molecule has 0 aromatic rings. The van der Waals surface area contributed by atoms with E-state index in [0.29, 0.717) is 6.61 Å². The summed E-state index contributed by atoms with van der Waals surface area (Å²) in [7, 11) is 0. The van der Waals surface area contributed by atoms with Crippen molar-refractivity contribution < 1.29 is 9.47 Å². The van der Waals surface area contributed by atoms with Crippen molar-refractivity contribution >= 4 is 0 Å². The van der Waals surface area contributed by atoms with Crippen molar-refractivity contribution in [3.8, 4) is 23.7 Å². The summed E-state index contributed by atoms with van der Waals surface area (Å²) in [6.45, 7) is 3.47. The molecule has 0 N–H and O–H groups in total. The van der Waals surface area contributed by atoms with Gasteiger partial charge in [0.15, 0.2) is 6.29 Å². The summed E-state index contributed by atoms with van der Waals surface area (Å²) in [5.74, 6) is 12.5. The highest BCUT2D eigenvalue weighted by Gasteiger charge is 2.12. The normalized spacial score (nSPS) is 18.4. The van der Waals surface area contributed by atoms with Gasteiger partial charge in [-0.05, 0) is 32.1 Å². The highest BCUT2D eigenvalue weighted by Crippen LogP contribution is 2.12. The average molecular weight is 248 g/mol. The lowest BCUT2D eigenvalue weighted by Gasteiger charge is -2.21. The summed E-state index contributed by atoms with van der Waals surface area (Å²) in [5, 5.41) is 0. The van der Waals surface area contributed by atoms with Crippen LogP contribution in [-0.2, 0) is 9.47 Å². The highest BCUT2D eigenvalue weighted by molar-refractivity contribution is 5.02. The molecule has 2 nitrogen and oxygen atoms in total. The Kier molecular flexibility index (Phi) is 9.35. The van der Waals surface area contributed by atoms with Gasteiger partial charge >= 0.3 is 0 Å². The van der Waals surface area contributed by atoms with Crippen molar-refractivity contribution in [2.45, 2.75) is 64.6 Å². The Bertz CT molecular complexity index is 307. The van der Waals surface area contributed by atoms with Gasteiger partial charge in [0.25, 0.3) is 0 Å². The molecule has 1 heterocycles. The van der Waals surface area contributed by atoms with E-state index >= 15 is 0 Å². The smallest absolute Gasteiger partial charge is 0.158 e. The third-order valence-electron chi connectivity index (χ3n) is 2.71. The quantitative estimate of drug-likeness (QED) is 0.547. The number of unbranched alkanes of at least 4 members (excludes halogenated alkanes) is 3. The predicted octanol–water partition coefficient (Wildman–Crippen LogP) is 3.51. The standard InChI is InChI=1S/C16H24O2/c1-2-3-4-5-6-7-8-9-11-14-17-16-13-10-12-15-18-16/h16H,2-3,6-8,10,12-15H2,1H3. The Morgan fingerprint density at radius 1 is 1.06 bits per heavy atom. The van der Waals surface area contributed by atoms with Crippen molar-refractivity contribution in [3.63, 3.8) is 0 Å². The molecule has 1 rings (SSSR count). The lowest BCUT2D eigenvalue weighted by atomic mass is 10.2. The zero-order chi connectivity index (χ0) is 12.9. The molecule has 0 radical (unpaired) electrons. The topological polar surface area (TPSA) is 18.5 Å². The molecule has 0 aliphatic carbocycles. The van der Waals surface area contributed by atoms with Gasteiger partial charge in [-0.15, -0.1) is 17.8 Å². The minimum absolute atomic E-state index is 0.0204. The van der Waals surface area contributed by atoms with E-state index in [2.05, 4.69) is 30.6 Å². The van der Waals surface area contributed by atoms with Gasteiger partial charge in [0, 0.05) is 25.9 Å². The van der Waals surface area contributed by atoms with Gasteiger partial charge in [0.2, 0.25) is 0 Å². The molecule has 0 bridgehead atoms. The Morgan fingerprint density at radius 3 is 2.56 bits per heavy atom. The van der Waals surface area contributed by atoms with Gasteiger partial charge < -0.3 is 9.47 Å². The SMILES string of the molecule is CCCC#CCCCC#CCOC1CCCCO1. The molecular formula is C16H24O2. The second-order valence-electron chi connectivity index (χ2n) is 4.42. The second kappa shape index (κ2) is 11.1. The summed E-state index contributed by atoms with van der Waals surface area (Å²) in [5.41, 5.74) is 0. The first-order chi connectivity index (χ1) is 8.93. The van der Waals surface area contributed by atoms with Crippen LogP contribution in [0.2, 0.25) is 0 Å². The summed E-state index contributed by atoms with van der Waals surface area (Å²) in [6.07, 6.45) is 8.44. The minimum Gasteiger partial charge on any atom is -0.353 e. The van der Waals surface area contributed by atoms with E-state index in [4.69, 9.17) is 9.47 Å². The van der Waals surface area contributed by atoms with Gasteiger partial charge in [-0.2, -0.15) is 0 Å². The molecular weight excluding hydrogens is 224 g/mol.